The molecular weight excluding hydrogens is 246 g/mol. The molecule has 1 unspecified atom stereocenters. The van der Waals surface area contributed by atoms with Crippen LogP contribution in [0.4, 0.5) is 0 Å². The van der Waals surface area contributed by atoms with Crippen molar-refractivity contribution < 1.29 is 9.47 Å². The lowest BCUT2D eigenvalue weighted by Crippen LogP contribution is -2.21. The van der Waals surface area contributed by atoms with Crippen LogP contribution in [-0.4, -0.2) is 31.8 Å². The van der Waals surface area contributed by atoms with Gasteiger partial charge < -0.3 is 15.2 Å². The maximum atomic E-state index is 5.97. The molecule has 0 saturated heterocycles. The molecule has 2 N–H and O–H groups in total. The third-order valence-corrected chi connectivity index (χ3v) is 3.37. The summed E-state index contributed by atoms with van der Waals surface area (Å²) in [6.07, 6.45) is 3.92. The second kappa shape index (κ2) is 8.27. The number of nitrogens with two attached hydrogens (primary N) is 1. The fourth-order valence-corrected chi connectivity index (χ4v) is 1.89. The van der Waals surface area contributed by atoms with E-state index in [9.17, 15) is 0 Å². The van der Waals surface area contributed by atoms with Crippen LogP contribution in [-0.2, 0) is 6.42 Å². The zero-order valence-electron chi connectivity index (χ0n) is 11.4. The Balaban J connectivity index is 2.74. The van der Waals surface area contributed by atoms with Crippen molar-refractivity contribution >= 4 is 11.8 Å². The topological polar surface area (TPSA) is 44.5 Å². The van der Waals surface area contributed by atoms with Crippen LogP contribution in [0.2, 0.25) is 0 Å². The highest BCUT2D eigenvalue weighted by Crippen LogP contribution is 2.28. The van der Waals surface area contributed by atoms with Crippen LogP contribution in [0.15, 0.2) is 18.2 Å². The standard InChI is InChI=1S/C14H23NO2S/c1-4-12(15)9-11-5-6-13(16-2)14(10-11)17-7-8-18-3/h5-6,10,12H,4,7-9,15H2,1-3H3. The normalized spacial score (nSPS) is 12.2. The molecule has 0 aliphatic heterocycles. The van der Waals surface area contributed by atoms with Gasteiger partial charge in [0.25, 0.3) is 0 Å². The van der Waals surface area contributed by atoms with E-state index >= 15 is 0 Å². The molecule has 1 rings (SSSR count). The van der Waals surface area contributed by atoms with Crippen molar-refractivity contribution in [3.8, 4) is 11.5 Å². The van der Waals surface area contributed by atoms with Crippen molar-refractivity contribution in [3.63, 3.8) is 0 Å². The first kappa shape index (κ1) is 15.2. The molecule has 3 nitrogen and oxygen atoms in total. The minimum Gasteiger partial charge on any atom is -0.493 e. The molecule has 1 aromatic carbocycles. The summed E-state index contributed by atoms with van der Waals surface area (Å²) in [5.41, 5.74) is 7.17. The molecule has 1 atom stereocenters. The molecule has 0 fully saturated rings. The van der Waals surface area contributed by atoms with E-state index < -0.39 is 0 Å². The molecule has 0 amide bonds. The highest BCUT2D eigenvalue weighted by molar-refractivity contribution is 7.98. The summed E-state index contributed by atoms with van der Waals surface area (Å²) in [4.78, 5) is 0. The van der Waals surface area contributed by atoms with Crippen LogP contribution in [0.3, 0.4) is 0 Å². The summed E-state index contributed by atoms with van der Waals surface area (Å²) in [5.74, 6) is 2.57. The molecule has 0 aromatic heterocycles. The number of rotatable bonds is 8. The molecule has 0 aliphatic carbocycles. The fraction of sp³-hybridized carbons (Fsp3) is 0.571. The first-order valence-corrected chi connectivity index (χ1v) is 7.64. The van der Waals surface area contributed by atoms with Gasteiger partial charge in [-0.3, -0.25) is 0 Å². The maximum Gasteiger partial charge on any atom is 0.161 e. The minimum atomic E-state index is 0.206. The van der Waals surface area contributed by atoms with Crippen LogP contribution < -0.4 is 15.2 Å². The van der Waals surface area contributed by atoms with E-state index in [2.05, 4.69) is 19.2 Å². The molecule has 18 heavy (non-hydrogen) atoms. The molecule has 0 saturated carbocycles. The van der Waals surface area contributed by atoms with E-state index in [0.29, 0.717) is 6.61 Å². The highest BCUT2D eigenvalue weighted by atomic mass is 32.2. The second-order valence-electron chi connectivity index (χ2n) is 4.20. The average molecular weight is 269 g/mol. The number of hydrogen-bond acceptors (Lipinski definition) is 4. The Labute approximate surface area is 114 Å². The molecule has 0 aliphatic rings. The predicted octanol–water partition coefficient (Wildman–Crippen LogP) is 2.72. The van der Waals surface area contributed by atoms with E-state index in [0.717, 1.165) is 30.1 Å². The number of methoxy groups -OCH3 is 1. The van der Waals surface area contributed by atoms with Gasteiger partial charge in [0.05, 0.1) is 13.7 Å². The maximum absolute atomic E-state index is 5.97. The summed E-state index contributed by atoms with van der Waals surface area (Å²) in [5, 5.41) is 0. The summed E-state index contributed by atoms with van der Waals surface area (Å²) >= 11 is 1.77. The lowest BCUT2D eigenvalue weighted by Gasteiger charge is -2.14. The van der Waals surface area contributed by atoms with Crippen molar-refractivity contribution in [1.82, 2.24) is 0 Å². The number of hydrogen-bond donors (Lipinski definition) is 1. The Kier molecular flexibility index (Phi) is 6.98. The Bertz CT molecular complexity index is 358. The van der Waals surface area contributed by atoms with Gasteiger partial charge in [-0.1, -0.05) is 13.0 Å². The molecule has 0 heterocycles. The van der Waals surface area contributed by atoms with Crippen molar-refractivity contribution in [1.29, 1.82) is 0 Å². The van der Waals surface area contributed by atoms with E-state index in [1.807, 2.05) is 12.1 Å². The van der Waals surface area contributed by atoms with Gasteiger partial charge in [0.2, 0.25) is 0 Å². The zero-order chi connectivity index (χ0) is 13.4. The van der Waals surface area contributed by atoms with Crippen LogP contribution in [0.25, 0.3) is 0 Å². The van der Waals surface area contributed by atoms with Gasteiger partial charge in [-0.25, -0.2) is 0 Å². The quantitative estimate of drug-likeness (QED) is 0.737. The van der Waals surface area contributed by atoms with Gasteiger partial charge in [-0.05, 0) is 36.8 Å². The average Bonchev–Trinajstić information content (AvgIpc) is 2.39. The minimum absolute atomic E-state index is 0.206. The lowest BCUT2D eigenvalue weighted by molar-refractivity contribution is 0.313. The van der Waals surface area contributed by atoms with Gasteiger partial charge in [-0.15, -0.1) is 0 Å². The zero-order valence-corrected chi connectivity index (χ0v) is 12.3. The van der Waals surface area contributed by atoms with Gasteiger partial charge in [-0.2, -0.15) is 11.8 Å². The molecule has 102 valence electrons. The van der Waals surface area contributed by atoms with Crippen LogP contribution in [0, 0.1) is 0 Å². The van der Waals surface area contributed by atoms with E-state index in [-0.39, 0.29) is 6.04 Å². The Morgan fingerprint density at radius 2 is 2.11 bits per heavy atom. The van der Waals surface area contributed by atoms with Crippen molar-refractivity contribution in [2.24, 2.45) is 5.73 Å². The number of ether oxygens (including phenoxy) is 2. The number of thioether (sulfide) groups is 1. The van der Waals surface area contributed by atoms with Crippen molar-refractivity contribution in [2.75, 3.05) is 25.7 Å². The highest BCUT2D eigenvalue weighted by Gasteiger charge is 2.08. The third kappa shape index (κ3) is 4.78. The molecule has 1 aromatic rings. The molecule has 0 spiro atoms. The van der Waals surface area contributed by atoms with E-state index in [4.69, 9.17) is 15.2 Å². The summed E-state index contributed by atoms with van der Waals surface area (Å²) in [7, 11) is 1.66. The van der Waals surface area contributed by atoms with Crippen molar-refractivity contribution in [3.05, 3.63) is 23.8 Å². The first-order chi connectivity index (χ1) is 8.71. The molecular formula is C14H23NO2S. The molecule has 0 bridgehead atoms. The van der Waals surface area contributed by atoms with Gasteiger partial charge in [0.15, 0.2) is 11.5 Å². The second-order valence-corrected chi connectivity index (χ2v) is 5.18. The lowest BCUT2D eigenvalue weighted by atomic mass is 10.0. The van der Waals surface area contributed by atoms with Crippen LogP contribution in [0.5, 0.6) is 11.5 Å². The summed E-state index contributed by atoms with van der Waals surface area (Å²) < 4.78 is 11.0. The Morgan fingerprint density at radius 1 is 1.33 bits per heavy atom. The summed E-state index contributed by atoms with van der Waals surface area (Å²) in [6, 6.07) is 6.24. The Hall–Kier alpha value is -0.870. The van der Waals surface area contributed by atoms with Gasteiger partial charge in [0.1, 0.15) is 0 Å². The SMILES string of the molecule is CCC(N)Cc1ccc(OC)c(OCCSC)c1. The Morgan fingerprint density at radius 3 is 2.72 bits per heavy atom. The molecule has 0 radical (unpaired) electrons. The third-order valence-electron chi connectivity index (χ3n) is 2.80. The van der Waals surface area contributed by atoms with Crippen molar-refractivity contribution in [2.45, 2.75) is 25.8 Å². The van der Waals surface area contributed by atoms with Gasteiger partial charge in [0, 0.05) is 11.8 Å². The van der Waals surface area contributed by atoms with Crippen LogP contribution >= 0.6 is 11.8 Å². The largest absolute Gasteiger partial charge is 0.493 e. The number of benzene rings is 1. The van der Waals surface area contributed by atoms with E-state index in [1.165, 1.54) is 5.56 Å². The molecule has 4 heteroatoms. The van der Waals surface area contributed by atoms with Crippen LogP contribution in [0.1, 0.15) is 18.9 Å². The predicted molar refractivity (Wildman–Crippen MR) is 78.8 cm³/mol. The monoisotopic (exact) mass is 269 g/mol. The fourth-order valence-electron chi connectivity index (χ4n) is 1.64. The smallest absolute Gasteiger partial charge is 0.161 e. The summed E-state index contributed by atoms with van der Waals surface area (Å²) in [6.45, 7) is 2.80. The van der Waals surface area contributed by atoms with Gasteiger partial charge >= 0.3 is 0 Å². The first-order valence-electron chi connectivity index (χ1n) is 6.25. The van der Waals surface area contributed by atoms with E-state index in [1.54, 1.807) is 18.9 Å².